The van der Waals surface area contributed by atoms with E-state index in [4.69, 9.17) is 15.9 Å². The normalized spacial score (nSPS) is 15.8. The Morgan fingerprint density at radius 1 is 1.48 bits per heavy atom. The third kappa shape index (κ3) is 3.60. The van der Waals surface area contributed by atoms with Gasteiger partial charge in [-0.2, -0.15) is 0 Å². The number of ether oxygens (including phenoxy) is 2. The number of imide groups is 1. The molecule has 7 heteroatoms. The van der Waals surface area contributed by atoms with Crippen molar-refractivity contribution in [2.75, 3.05) is 13.7 Å². The molecule has 0 aromatic heterocycles. The maximum atomic E-state index is 11.5. The zero-order chi connectivity index (χ0) is 15.4. The summed E-state index contributed by atoms with van der Waals surface area (Å²) in [5.41, 5.74) is 0.694. The van der Waals surface area contributed by atoms with Gasteiger partial charge in [-0.1, -0.05) is 5.92 Å². The molecule has 1 aliphatic heterocycles. The standard InChI is InChI=1S/C14H10BrNO4S/c1-3-4-20-12-9(15)5-8(6-10(12)19-2)7-11-13(17)16-14(18)21-11/h1,5-7H,4H2,2H3,(H,16,17,18)/b11-7-. The Labute approximate surface area is 134 Å². The number of carbonyl (C=O) groups excluding carboxylic acids is 2. The lowest BCUT2D eigenvalue weighted by molar-refractivity contribution is -0.115. The van der Waals surface area contributed by atoms with Crippen molar-refractivity contribution in [3.05, 3.63) is 27.1 Å². The average molecular weight is 368 g/mol. The van der Waals surface area contributed by atoms with Crippen LogP contribution in [0.5, 0.6) is 11.5 Å². The van der Waals surface area contributed by atoms with Crippen LogP contribution in [0.4, 0.5) is 4.79 Å². The van der Waals surface area contributed by atoms with Gasteiger partial charge in [-0.15, -0.1) is 6.42 Å². The lowest BCUT2D eigenvalue weighted by Gasteiger charge is -2.12. The summed E-state index contributed by atoms with van der Waals surface area (Å²) in [4.78, 5) is 23.0. The molecule has 1 aliphatic rings. The zero-order valence-electron chi connectivity index (χ0n) is 10.9. The van der Waals surface area contributed by atoms with Crippen LogP contribution < -0.4 is 14.8 Å². The van der Waals surface area contributed by atoms with E-state index < -0.39 is 5.91 Å². The summed E-state index contributed by atoms with van der Waals surface area (Å²) in [5.74, 6) is 2.92. The number of hydrogen-bond acceptors (Lipinski definition) is 5. The second-order valence-corrected chi connectivity index (χ2v) is 5.75. The molecule has 0 bridgehead atoms. The molecule has 1 saturated heterocycles. The van der Waals surface area contributed by atoms with E-state index >= 15 is 0 Å². The first-order valence-corrected chi connectivity index (χ1v) is 7.34. The van der Waals surface area contributed by atoms with E-state index in [0.717, 1.165) is 11.8 Å². The molecule has 21 heavy (non-hydrogen) atoms. The van der Waals surface area contributed by atoms with Crippen LogP contribution in [-0.2, 0) is 4.79 Å². The summed E-state index contributed by atoms with van der Waals surface area (Å²) in [5, 5.41) is 1.81. The van der Waals surface area contributed by atoms with E-state index in [9.17, 15) is 9.59 Å². The Bertz CT molecular complexity index is 678. The molecule has 0 spiro atoms. The van der Waals surface area contributed by atoms with Gasteiger partial charge in [-0.3, -0.25) is 14.9 Å². The van der Waals surface area contributed by atoms with Gasteiger partial charge in [-0.25, -0.2) is 0 Å². The number of nitrogens with one attached hydrogen (secondary N) is 1. The van der Waals surface area contributed by atoms with Crippen molar-refractivity contribution < 1.29 is 19.1 Å². The highest BCUT2D eigenvalue weighted by atomic mass is 79.9. The molecule has 1 fully saturated rings. The van der Waals surface area contributed by atoms with Crippen LogP contribution in [0, 0.1) is 12.3 Å². The summed E-state index contributed by atoms with van der Waals surface area (Å²) >= 11 is 4.22. The van der Waals surface area contributed by atoms with Gasteiger partial charge in [0.25, 0.3) is 11.1 Å². The molecule has 0 atom stereocenters. The molecular weight excluding hydrogens is 358 g/mol. The van der Waals surface area contributed by atoms with E-state index in [0.29, 0.717) is 26.4 Å². The molecule has 0 aliphatic carbocycles. The monoisotopic (exact) mass is 367 g/mol. The van der Waals surface area contributed by atoms with Gasteiger partial charge < -0.3 is 9.47 Å². The number of rotatable bonds is 4. The average Bonchev–Trinajstić information content (AvgIpc) is 2.75. The minimum absolute atomic E-state index is 0.113. The summed E-state index contributed by atoms with van der Waals surface area (Å²) in [7, 11) is 1.50. The third-order valence-corrected chi connectivity index (χ3v) is 3.89. The maximum absolute atomic E-state index is 11.5. The Hall–Kier alpha value is -1.91. The maximum Gasteiger partial charge on any atom is 0.290 e. The Balaban J connectivity index is 2.37. The van der Waals surface area contributed by atoms with Crippen LogP contribution in [0.3, 0.4) is 0 Å². The SMILES string of the molecule is C#CCOc1c(Br)cc(/C=C2\SC(=O)NC2=O)cc1OC. The molecule has 1 aromatic rings. The quantitative estimate of drug-likeness (QED) is 0.654. The zero-order valence-corrected chi connectivity index (χ0v) is 13.3. The van der Waals surface area contributed by atoms with Gasteiger partial charge in [0.2, 0.25) is 0 Å². The fourth-order valence-electron chi connectivity index (χ4n) is 1.65. The van der Waals surface area contributed by atoms with Crippen molar-refractivity contribution >= 4 is 44.9 Å². The van der Waals surface area contributed by atoms with Crippen LogP contribution in [0.25, 0.3) is 6.08 Å². The molecule has 2 amide bonds. The van der Waals surface area contributed by atoms with Gasteiger partial charge >= 0.3 is 0 Å². The number of halogens is 1. The van der Waals surface area contributed by atoms with E-state index in [1.807, 2.05) is 0 Å². The van der Waals surface area contributed by atoms with Gasteiger partial charge in [0.15, 0.2) is 11.5 Å². The Morgan fingerprint density at radius 3 is 2.81 bits per heavy atom. The number of thioether (sulfide) groups is 1. The van der Waals surface area contributed by atoms with Crippen LogP contribution >= 0.6 is 27.7 Å². The fraction of sp³-hybridized carbons (Fsp3) is 0.143. The van der Waals surface area contributed by atoms with Gasteiger partial charge in [0, 0.05) is 0 Å². The van der Waals surface area contributed by atoms with Crippen LogP contribution in [0.15, 0.2) is 21.5 Å². The lowest BCUT2D eigenvalue weighted by Crippen LogP contribution is -2.17. The van der Waals surface area contributed by atoms with Gasteiger partial charge in [0.1, 0.15) is 6.61 Å². The van der Waals surface area contributed by atoms with Crippen molar-refractivity contribution in [1.82, 2.24) is 5.32 Å². The first-order chi connectivity index (χ1) is 10.0. The summed E-state index contributed by atoms with van der Waals surface area (Å²) < 4.78 is 11.3. The van der Waals surface area contributed by atoms with Crippen molar-refractivity contribution in [1.29, 1.82) is 0 Å². The largest absolute Gasteiger partial charge is 0.493 e. The molecule has 0 saturated carbocycles. The van der Waals surface area contributed by atoms with Crippen LogP contribution in [-0.4, -0.2) is 24.9 Å². The van der Waals surface area contributed by atoms with Crippen molar-refractivity contribution in [3.63, 3.8) is 0 Å². The van der Waals surface area contributed by atoms with Crippen molar-refractivity contribution in [2.24, 2.45) is 0 Å². The molecular formula is C14H10BrNO4S. The highest BCUT2D eigenvalue weighted by Crippen LogP contribution is 2.38. The lowest BCUT2D eigenvalue weighted by atomic mass is 10.2. The number of hydrogen-bond donors (Lipinski definition) is 1. The second-order valence-electron chi connectivity index (χ2n) is 3.88. The predicted molar refractivity (Wildman–Crippen MR) is 84.1 cm³/mol. The minimum atomic E-state index is -0.409. The number of terminal acetylenes is 1. The number of carbonyl (C=O) groups is 2. The fourth-order valence-corrected chi connectivity index (χ4v) is 2.91. The smallest absolute Gasteiger partial charge is 0.290 e. The molecule has 108 valence electrons. The Kier molecular flexibility index (Phi) is 4.94. The van der Waals surface area contributed by atoms with Gasteiger partial charge in [-0.05, 0) is 51.5 Å². The minimum Gasteiger partial charge on any atom is -0.493 e. The van der Waals surface area contributed by atoms with Gasteiger partial charge in [0.05, 0.1) is 16.5 Å². The van der Waals surface area contributed by atoms with E-state index in [-0.39, 0.29) is 11.8 Å². The molecule has 0 unspecified atom stereocenters. The summed E-state index contributed by atoms with van der Waals surface area (Å²) in [6, 6.07) is 3.44. The number of methoxy groups -OCH3 is 1. The molecule has 2 rings (SSSR count). The second kappa shape index (κ2) is 6.70. The first kappa shape index (κ1) is 15.5. The molecule has 1 heterocycles. The van der Waals surface area contributed by atoms with E-state index in [2.05, 4.69) is 27.2 Å². The van der Waals surface area contributed by atoms with Crippen molar-refractivity contribution in [2.45, 2.75) is 0 Å². The van der Waals surface area contributed by atoms with Crippen LogP contribution in [0.1, 0.15) is 5.56 Å². The Morgan fingerprint density at radius 2 is 2.24 bits per heavy atom. The highest BCUT2D eigenvalue weighted by Gasteiger charge is 2.25. The molecule has 0 radical (unpaired) electrons. The topological polar surface area (TPSA) is 64.6 Å². The van der Waals surface area contributed by atoms with Crippen LogP contribution in [0.2, 0.25) is 0 Å². The third-order valence-electron chi connectivity index (χ3n) is 2.49. The van der Waals surface area contributed by atoms with Crippen molar-refractivity contribution in [3.8, 4) is 23.8 Å². The van der Waals surface area contributed by atoms with E-state index in [1.165, 1.54) is 7.11 Å². The number of benzene rings is 1. The first-order valence-electron chi connectivity index (χ1n) is 5.73. The number of amides is 2. The highest BCUT2D eigenvalue weighted by molar-refractivity contribution is 9.10. The molecule has 1 aromatic carbocycles. The molecule has 5 nitrogen and oxygen atoms in total. The van der Waals surface area contributed by atoms with E-state index in [1.54, 1.807) is 18.2 Å². The summed E-state index contributed by atoms with van der Waals surface area (Å²) in [6.07, 6.45) is 6.77. The molecule has 1 N–H and O–H groups in total. The summed E-state index contributed by atoms with van der Waals surface area (Å²) in [6.45, 7) is 0.113. The predicted octanol–water partition coefficient (Wildman–Crippen LogP) is 2.79.